The highest BCUT2D eigenvalue weighted by molar-refractivity contribution is 9.11. The Balaban J connectivity index is 2.20. The molecule has 0 spiro atoms. The van der Waals surface area contributed by atoms with E-state index >= 15 is 0 Å². The van der Waals surface area contributed by atoms with Crippen molar-refractivity contribution in [3.05, 3.63) is 55.1 Å². The maximum absolute atomic E-state index is 12.1. The maximum Gasteiger partial charge on any atom is 0.177 e. The van der Waals surface area contributed by atoms with Crippen molar-refractivity contribution in [3.63, 3.8) is 0 Å². The number of hydrogen-bond acceptors (Lipinski definition) is 2. The average Bonchev–Trinajstić information content (AvgIpc) is 2.63. The van der Waals surface area contributed by atoms with Gasteiger partial charge in [-0.2, -0.15) is 0 Å². The van der Waals surface area contributed by atoms with Crippen molar-refractivity contribution in [2.45, 2.75) is 13.3 Å². The molecule has 0 aliphatic rings. The molecule has 0 saturated carbocycles. The van der Waals surface area contributed by atoms with Crippen LogP contribution >= 0.6 is 38.9 Å². The van der Waals surface area contributed by atoms with E-state index in [2.05, 4.69) is 15.9 Å². The van der Waals surface area contributed by atoms with Gasteiger partial charge in [0, 0.05) is 6.42 Å². The number of thiophene rings is 1. The molecule has 0 fully saturated rings. The highest BCUT2D eigenvalue weighted by atomic mass is 79.9. The Kier molecular flexibility index (Phi) is 4.02. The molecular formula is C13H10BrClOS. The number of Topliss-reactive ketones (excluding diaryl/α,β-unsaturated/α-hetero) is 1. The van der Waals surface area contributed by atoms with Gasteiger partial charge < -0.3 is 0 Å². The first-order valence-electron chi connectivity index (χ1n) is 5.10. The Morgan fingerprint density at radius 1 is 1.41 bits per heavy atom. The second kappa shape index (κ2) is 5.34. The van der Waals surface area contributed by atoms with Gasteiger partial charge in [-0.05, 0) is 40.0 Å². The number of halogens is 2. The predicted molar refractivity (Wildman–Crippen MR) is 76.2 cm³/mol. The van der Waals surface area contributed by atoms with E-state index in [-0.39, 0.29) is 5.78 Å². The minimum atomic E-state index is 0.108. The van der Waals surface area contributed by atoms with Crippen LogP contribution in [0, 0.1) is 6.92 Å². The largest absolute Gasteiger partial charge is 0.293 e. The Morgan fingerprint density at radius 2 is 2.12 bits per heavy atom. The molecule has 0 unspecified atom stereocenters. The number of rotatable bonds is 3. The fraction of sp³-hybridized carbons (Fsp3) is 0.154. The van der Waals surface area contributed by atoms with E-state index in [0.29, 0.717) is 16.3 Å². The molecular weight excluding hydrogens is 320 g/mol. The zero-order valence-electron chi connectivity index (χ0n) is 9.17. The van der Waals surface area contributed by atoms with Crippen molar-refractivity contribution in [1.29, 1.82) is 0 Å². The molecule has 2 rings (SSSR count). The van der Waals surface area contributed by atoms with E-state index < -0.39 is 0 Å². The lowest BCUT2D eigenvalue weighted by atomic mass is 10.0. The lowest BCUT2D eigenvalue weighted by Crippen LogP contribution is -2.02. The molecule has 1 aromatic heterocycles. The average molecular weight is 330 g/mol. The number of hydrogen-bond donors (Lipinski definition) is 0. The summed E-state index contributed by atoms with van der Waals surface area (Å²) in [4.78, 5) is 12.8. The van der Waals surface area contributed by atoms with E-state index in [1.807, 2.05) is 31.2 Å². The number of carbonyl (C=O) groups excluding carboxylic acids is 1. The number of benzene rings is 1. The summed E-state index contributed by atoms with van der Waals surface area (Å²) >= 11 is 10.6. The lowest BCUT2D eigenvalue weighted by molar-refractivity contribution is 0.0996. The first-order chi connectivity index (χ1) is 8.08. The van der Waals surface area contributed by atoms with Crippen LogP contribution in [-0.4, -0.2) is 5.78 Å². The highest BCUT2D eigenvalue weighted by Gasteiger charge is 2.13. The van der Waals surface area contributed by atoms with Crippen molar-refractivity contribution in [1.82, 2.24) is 0 Å². The maximum atomic E-state index is 12.1. The smallest absolute Gasteiger partial charge is 0.177 e. The molecule has 17 heavy (non-hydrogen) atoms. The van der Waals surface area contributed by atoms with Crippen molar-refractivity contribution < 1.29 is 4.79 Å². The summed E-state index contributed by atoms with van der Waals surface area (Å²) in [6.07, 6.45) is 0.427. The van der Waals surface area contributed by atoms with Gasteiger partial charge in [-0.25, -0.2) is 0 Å². The molecule has 1 aromatic carbocycles. The van der Waals surface area contributed by atoms with Crippen LogP contribution in [0.15, 0.2) is 34.1 Å². The van der Waals surface area contributed by atoms with Crippen LogP contribution in [-0.2, 0) is 6.42 Å². The summed E-state index contributed by atoms with van der Waals surface area (Å²) in [6, 6.07) is 9.64. The van der Waals surface area contributed by atoms with Gasteiger partial charge >= 0.3 is 0 Å². The van der Waals surface area contributed by atoms with E-state index in [0.717, 1.165) is 14.9 Å². The second-order valence-corrected chi connectivity index (χ2v) is 6.54. The summed E-state index contributed by atoms with van der Waals surface area (Å²) in [6.45, 7) is 2.01. The molecule has 88 valence electrons. The van der Waals surface area contributed by atoms with Crippen LogP contribution in [0.25, 0.3) is 0 Å². The van der Waals surface area contributed by atoms with Crippen LogP contribution in [0.4, 0.5) is 0 Å². The molecule has 0 saturated heterocycles. The number of carbonyl (C=O) groups is 1. The fourth-order valence-electron chi connectivity index (χ4n) is 1.55. The van der Waals surface area contributed by atoms with Gasteiger partial charge in [-0.15, -0.1) is 11.3 Å². The predicted octanol–water partition coefficient (Wildman–Crippen LogP) is 4.90. The van der Waals surface area contributed by atoms with Gasteiger partial charge in [0.1, 0.15) is 0 Å². The molecule has 0 radical (unpaired) electrons. The quantitative estimate of drug-likeness (QED) is 0.732. The Morgan fingerprint density at radius 3 is 2.71 bits per heavy atom. The molecule has 4 heteroatoms. The molecule has 0 aliphatic heterocycles. The third kappa shape index (κ3) is 2.97. The zero-order chi connectivity index (χ0) is 12.4. The van der Waals surface area contributed by atoms with Crippen molar-refractivity contribution in [2.75, 3.05) is 0 Å². The highest BCUT2D eigenvalue weighted by Crippen LogP contribution is 2.32. The van der Waals surface area contributed by atoms with Crippen LogP contribution in [0.5, 0.6) is 0 Å². The second-order valence-electron chi connectivity index (χ2n) is 3.76. The topological polar surface area (TPSA) is 17.1 Å². The molecule has 0 bridgehead atoms. The van der Waals surface area contributed by atoms with Crippen LogP contribution in [0.2, 0.25) is 5.02 Å². The Labute approximate surface area is 118 Å². The van der Waals surface area contributed by atoms with Crippen molar-refractivity contribution in [3.8, 4) is 0 Å². The molecule has 2 aromatic rings. The van der Waals surface area contributed by atoms with E-state index in [9.17, 15) is 4.79 Å². The summed E-state index contributed by atoms with van der Waals surface area (Å²) in [5.74, 6) is 0.108. The molecule has 1 nitrogen and oxygen atoms in total. The molecule has 0 amide bonds. The Bertz CT molecular complexity index is 543. The lowest BCUT2D eigenvalue weighted by Gasteiger charge is -2.02. The van der Waals surface area contributed by atoms with Gasteiger partial charge in [0.2, 0.25) is 0 Å². The molecule has 0 aliphatic carbocycles. The standard InChI is InChI=1S/C13H10BrClOS/c1-8-4-2-3-5-9(8)6-11(16)12-7-10(15)13(14)17-12/h2-5,7H,6H2,1H3. The minimum Gasteiger partial charge on any atom is -0.293 e. The van der Waals surface area contributed by atoms with Crippen molar-refractivity contribution in [2.24, 2.45) is 0 Å². The van der Waals surface area contributed by atoms with Gasteiger partial charge in [0.25, 0.3) is 0 Å². The first-order valence-corrected chi connectivity index (χ1v) is 7.09. The normalized spacial score (nSPS) is 10.5. The van der Waals surface area contributed by atoms with Crippen LogP contribution < -0.4 is 0 Å². The third-order valence-electron chi connectivity index (χ3n) is 2.53. The third-order valence-corrected chi connectivity index (χ3v) is 5.05. The summed E-state index contributed by atoms with van der Waals surface area (Å²) in [5, 5.41) is 0.600. The van der Waals surface area contributed by atoms with E-state index in [1.54, 1.807) is 6.07 Å². The molecule has 0 atom stereocenters. The summed E-state index contributed by atoms with van der Waals surface area (Å²) in [5.41, 5.74) is 2.21. The minimum absolute atomic E-state index is 0.108. The van der Waals surface area contributed by atoms with Gasteiger partial charge in [-0.1, -0.05) is 35.9 Å². The molecule has 0 N–H and O–H groups in total. The fourth-order valence-corrected chi connectivity index (χ4v) is 3.19. The Hall–Kier alpha value is -0.640. The summed E-state index contributed by atoms with van der Waals surface area (Å²) < 4.78 is 0.812. The van der Waals surface area contributed by atoms with Crippen molar-refractivity contribution >= 4 is 44.7 Å². The monoisotopic (exact) mass is 328 g/mol. The van der Waals surface area contributed by atoms with E-state index in [1.165, 1.54) is 11.3 Å². The van der Waals surface area contributed by atoms with Gasteiger partial charge in [-0.3, -0.25) is 4.79 Å². The zero-order valence-corrected chi connectivity index (χ0v) is 12.3. The van der Waals surface area contributed by atoms with Gasteiger partial charge in [0.15, 0.2) is 5.78 Å². The van der Waals surface area contributed by atoms with Crippen LogP contribution in [0.1, 0.15) is 20.8 Å². The SMILES string of the molecule is Cc1ccccc1CC(=O)c1cc(Cl)c(Br)s1. The van der Waals surface area contributed by atoms with Crippen LogP contribution in [0.3, 0.4) is 0 Å². The number of aryl methyl sites for hydroxylation is 1. The number of ketones is 1. The summed E-state index contributed by atoms with van der Waals surface area (Å²) in [7, 11) is 0. The van der Waals surface area contributed by atoms with E-state index in [4.69, 9.17) is 11.6 Å². The van der Waals surface area contributed by atoms with Gasteiger partial charge in [0.05, 0.1) is 13.7 Å². The molecule has 1 heterocycles. The first kappa shape index (κ1) is 12.8.